The van der Waals surface area contributed by atoms with Gasteiger partial charge in [0.2, 0.25) is 5.91 Å². The van der Waals surface area contributed by atoms with E-state index in [1.807, 2.05) is 30.3 Å². The second kappa shape index (κ2) is 6.40. The minimum Gasteiger partial charge on any atom is -0.393 e. The van der Waals surface area contributed by atoms with Crippen LogP contribution in [-0.2, 0) is 4.79 Å². The van der Waals surface area contributed by atoms with Crippen molar-refractivity contribution in [3.63, 3.8) is 0 Å². The smallest absolute Gasteiger partial charge is 0.238 e. The van der Waals surface area contributed by atoms with Crippen LogP contribution in [0, 0.1) is 5.92 Å². The third kappa shape index (κ3) is 3.74. The Labute approximate surface area is 107 Å². The predicted molar refractivity (Wildman–Crippen MR) is 70.8 cm³/mol. The Bertz CT molecular complexity index is 381. The lowest BCUT2D eigenvalue weighted by atomic mass is 9.84. The van der Waals surface area contributed by atoms with E-state index in [4.69, 9.17) is 0 Å². The first kappa shape index (κ1) is 12.9. The first-order valence-corrected chi connectivity index (χ1v) is 6.53. The number of benzene rings is 1. The van der Waals surface area contributed by atoms with Crippen LogP contribution in [0.2, 0.25) is 0 Å². The molecule has 0 bridgehead atoms. The van der Waals surface area contributed by atoms with E-state index in [1.165, 1.54) is 0 Å². The molecule has 4 nitrogen and oxygen atoms in total. The van der Waals surface area contributed by atoms with Crippen LogP contribution in [0.3, 0.4) is 0 Å². The highest BCUT2D eigenvalue weighted by atomic mass is 16.3. The number of aliphatic hydroxyl groups excluding tert-OH is 1. The second-order valence-corrected chi connectivity index (χ2v) is 4.86. The zero-order valence-electron chi connectivity index (χ0n) is 10.4. The largest absolute Gasteiger partial charge is 0.393 e. The minimum atomic E-state index is -0.318. The fourth-order valence-corrected chi connectivity index (χ4v) is 2.38. The van der Waals surface area contributed by atoms with E-state index in [9.17, 15) is 9.90 Å². The summed E-state index contributed by atoms with van der Waals surface area (Å²) < 4.78 is 0. The van der Waals surface area contributed by atoms with E-state index in [0.29, 0.717) is 6.42 Å². The second-order valence-electron chi connectivity index (χ2n) is 4.86. The van der Waals surface area contributed by atoms with Gasteiger partial charge in [-0.2, -0.15) is 0 Å². The molecule has 1 aliphatic carbocycles. The zero-order valence-corrected chi connectivity index (χ0v) is 10.4. The van der Waals surface area contributed by atoms with Crippen LogP contribution in [0.1, 0.15) is 32.1 Å². The molecule has 0 radical (unpaired) electrons. The number of hydrazine groups is 1. The molecular formula is C14H20N2O2. The van der Waals surface area contributed by atoms with E-state index < -0.39 is 0 Å². The summed E-state index contributed by atoms with van der Waals surface area (Å²) in [6.07, 6.45) is 4.02. The van der Waals surface area contributed by atoms with Crippen LogP contribution in [0.4, 0.5) is 5.69 Å². The van der Waals surface area contributed by atoms with E-state index in [1.54, 1.807) is 0 Å². The number of carbonyl (C=O) groups is 1. The molecule has 0 spiro atoms. The molecule has 1 amide bonds. The molecule has 1 fully saturated rings. The third-order valence-electron chi connectivity index (χ3n) is 3.44. The van der Waals surface area contributed by atoms with Gasteiger partial charge in [-0.3, -0.25) is 15.6 Å². The van der Waals surface area contributed by atoms with Crippen LogP contribution in [-0.4, -0.2) is 17.1 Å². The Hall–Kier alpha value is -1.55. The summed E-state index contributed by atoms with van der Waals surface area (Å²) in [4.78, 5) is 11.7. The summed E-state index contributed by atoms with van der Waals surface area (Å²) in [5.74, 6) is 0.0427. The molecule has 0 heterocycles. The van der Waals surface area contributed by atoms with Crippen molar-refractivity contribution >= 4 is 11.6 Å². The Morgan fingerprint density at radius 3 is 2.67 bits per heavy atom. The van der Waals surface area contributed by atoms with E-state index in [-0.39, 0.29) is 17.9 Å². The van der Waals surface area contributed by atoms with Crippen molar-refractivity contribution in [2.45, 2.75) is 38.2 Å². The highest BCUT2D eigenvalue weighted by molar-refractivity contribution is 5.77. The molecule has 0 saturated heterocycles. The highest BCUT2D eigenvalue weighted by Crippen LogP contribution is 2.26. The molecule has 1 saturated carbocycles. The summed E-state index contributed by atoms with van der Waals surface area (Å²) in [5, 5.41) is 9.80. The molecule has 1 aliphatic rings. The van der Waals surface area contributed by atoms with Crippen LogP contribution < -0.4 is 10.9 Å². The third-order valence-corrected chi connectivity index (χ3v) is 3.44. The summed E-state index contributed by atoms with van der Waals surface area (Å²) >= 11 is 0. The Morgan fingerprint density at radius 2 is 1.94 bits per heavy atom. The van der Waals surface area contributed by atoms with Crippen LogP contribution in [0.15, 0.2) is 30.3 Å². The fraction of sp³-hybridized carbons (Fsp3) is 0.500. The number of para-hydroxylation sites is 1. The Morgan fingerprint density at radius 1 is 1.22 bits per heavy atom. The van der Waals surface area contributed by atoms with E-state index in [0.717, 1.165) is 31.4 Å². The molecule has 0 aliphatic heterocycles. The molecule has 2 rings (SSSR count). The molecule has 0 unspecified atom stereocenters. The lowest BCUT2D eigenvalue weighted by Crippen LogP contribution is -2.34. The molecule has 4 heteroatoms. The Balaban J connectivity index is 1.75. The van der Waals surface area contributed by atoms with Gasteiger partial charge in [0.1, 0.15) is 0 Å². The minimum absolute atomic E-state index is 0.0650. The fourth-order valence-electron chi connectivity index (χ4n) is 2.38. The van der Waals surface area contributed by atoms with Gasteiger partial charge >= 0.3 is 0 Å². The van der Waals surface area contributed by atoms with Crippen molar-refractivity contribution in [3.8, 4) is 0 Å². The number of anilines is 1. The van der Waals surface area contributed by atoms with Crippen molar-refractivity contribution in [2.24, 2.45) is 5.92 Å². The maximum Gasteiger partial charge on any atom is 0.238 e. The van der Waals surface area contributed by atoms with Gasteiger partial charge in [-0.15, -0.1) is 0 Å². The van der Waals surface area contributed by atoms with Crippen LogP contribution in [0.5, 0.6) is 0 Å². The maximum atomic E-state index is 11.7. The van der Waals surface area contributed by atoms with Gasteiger partial charge in [0.05, 0.1) is 11.8 Å². The van der Waals surface area contributed by atoms with Crippen LogP contribution in [0.25, 0.3) is 0 Å². The topological polar surface area (TPSA) is 61.4 Å². The van der Waals surface area contributed by atoms with Crippen molar-refractivity contribution in [1.82, 2.24) is 5.43 Å². The number of carbonyl (C=O) groups excluding carboxylic acids is 1. The molecule has 1 aromatic carbocycles. The highest BCUT2D eigenvalue weighted by Gasteiger charge is 2.25. The number of hydrogen-bond donors (Lipinski definition) is 3. The molecule has 0 aromatic heterocycles. The molecule has 98 valence electrons. The average Bonchev–Trinajstić information content (AvgIpc) is 2.40. The lowest BCUT2D eigenvalue weighted by molar-refractivity contribution is -0.122. The van der Waals surface area contributed by atoms with Crippen molar-refractivity contribution in [3.05, 3.63) is 30.3 Å². The predicted octanol–water partition coefficient (Wildman–Crippen LogP) is 2.07. The normalized spacial score (nSPS) is 23.4. The number of amides is 1. The van der Waals surface area contributed by atoms with Gasteiger partial charge in [-0.05, 0) is 30.9 Å². The maximum absolute atomic E-state index is 11.7. The zero-order chi connectivity index (χ0) is 12.8. The molecule has 18 heavy (non-hydrogen) atoms. The summed E-state index contributed by atoms with van der Waals surface area (Å²) in [6.45, 7) is 0. The quantitative estimate of drug-likeness (QED) is 0.715. The summed E-state index contributed by atoms with van der Waals surface area (Å²) in [5.41, 5.74) is 6.39. The van der Waals surface area contributed by atoms with Crippen molar-refractivity contribution < 1.29 is 9.90 Å². The first-order chi connectivity index (χ1) is 8.75. The van der Waals surface area contributed by atoms with Crippen LogP contribution >= 0.6 is 0 Å². The summed E-state index contributed by atoms with van der Waals surface area (Å²) in [7, 11) is 0. The van der Waals surface area contributed by atoms with Gasteiger partial charge in [0, 0.05) is 6.42 Å². The number of aliphatic hydroxyl groups is 1. The monoisotopic (exact) mass is 248 g/mol. The average molecular weight is 248 g/mol. The standard InChI is InChI=1S/C14H20N2O2/c17-13-9-5-4-6-11(13)10-14(18)16-15-12-7-2-1-3-8-12/h1-3,7-8,11,13,15,17H,4-6,9-10H2,(H,16,18)/t11-,13+/m1/s1. The molecule has 3 N–H and O–H groups in total. The number of nitrogens with one attached hydrogen (secondary N) is 2. The molecule has 1 aromatic rings. The van der Waals surface area contributed by atoms with E-state index in [2.05, 4.69) is 10.9 Å². The van der Waals surface area contributed by atoms with Crippen molar-refractivity contribution in [1.29, 1.82) is 0 Å². The van der Waals surface area contributed by atoms with Gasteiger partial charge in [0.15, 0.2) is 0 Å². The summed E-state index contributed by atoms with van der Waals surface area (Å²) in [6, 6.07) is 9.50. The lowest BCUT2D eigenvalue weighted by Gasteiger charge is -2.26. The molecular weight excluding hydrogens is 228 g/mol. The number of hydrogen-bond acceptors (Lipinski definition) is 3. The van der Waals surface area contributed by atoms with Gasteiger partial charge in [0.25, 0.3) is 0 Å². The van der Waals surface area contributed by atoms with Crippen molar-refractivity contribution in [2.75, 3.05) is 5.43 Å². The van der Waals surface area contributed by atoms with Gasteiger partial charge in [-0.25, -0.2) is 0 Å². The number of rotatable bonds is 4. The SMILES string of the molecule is O=C(C[C@H]1CCCC[C@@H]1O)NNc1ccccc1. The van der Waals surface area contributed by atoms with E-state index >= 15 is 0 Å². The first-order valence-electron chi connectivity index (χ1n) is 6.53. The van der Waals surface area contributed by atoms with Gasteiger partial charge in [-0.1, -0.05) is 31.0 Å². The van der Waals surface area contributed by atoms with Gasteiger partial charge < -0.3 is 5.11 Å². The Kier molecular flexibility index (Phi) is 4.59. The molecule has 2 atom stereocenters.